The fourth-order valence-electron chi connectivity index (χ4n) is 2.55. The monoisotopic (exact) mass is 374 g/mol. The standard InChI is InChI=1S/C16H12F2N6OS/c1-8-12(13-19-4-5-24(13)15(17)18)26-16(22-8)23-14(25)9-2-3-10-11(6-9)21-7-20-10/h2-7,15H,1H3,(H,20,21)(H,22,23,25). The third-order valence-corrected chi connectivity index (χ3v) is 4.85. The zero-order valence-corrected chi connectivity index (χ0v) is 14.2. The number of aryl methyl sites for hydroxylation is 1. The number of nitrogens with one attached hydrogen (secondary N) is 2. The van der Waals surface area contributed by atoms with Gasteiger partial charge in [-0.1, -0.05) is 11.3 Å². The first-order valence-electron chi connectivity index (χ1n) is 7.56. The van der Waals surface area contributed by atoms with Gasteiger partial charge in [-0.15, -0.1) is 0 Å². The molecule has 0 atom stereocenters. The predicted octanol–water partition coefficient (Wildman–Crippen LogP) is 3.84. The summed E-state index contributed by atoms with van der Waals surface area (Å²) in [5, 5.41) is 3.01. The van der Waals surface area contributed by atoms with Crippen molar-refractivity contribution in [3.05, 3.63) is 48.2 Å². The highest BCUT2D eigenvalue weighted by molar-refractivity contribution is 7.19. The first kappa shape index (κ1) is 16.3. The average molecular weight is 374 g/mol. The number of amides is 1. The minimum atomic E-state index is -2.70. The summed E-state index contributed by atoms with van der Waals surface area (Å²) >= 11 is 1.10. The molecule has 4 aromatic rings. The maximum absolute atomic E-state index is 13.0. The Morgan fingerprint density at radius 1 is 1.35 bits per heavy atom. The van der Waals surface area contributed by atoms with Crippen molar-refractivity contribution < 1.29 is 13.6 Å². The zero-order valence-electron chi connectivity index (χ0n) is 13.4. The van der Waals surface area contributed by atoms with E-state index in [9.17, 15) is 13.6 Å². The number of carbonyl (C=O) groups is 1. The average Bonchev–Trinajstić information content (AvgIpc) is 3.32. The maximum atomic E-state index is 13.0. The van der Waals surface area contributed by atoms with Crippen LogP contribution in [0.3, 0.4) is 0 Å². The van der Waals surface area contributed by atoms with E-state index in [1.165, 1.54) is 12.4 Å². The molecule has 0 bridgehead atoms. The molecule has 0 fully saturated rings. The van der Waals surface area contributed by atoms with Crippen molar-refractivity contribution in [2.24, 2.45) is 0 Å². The highest BCUT2D eigenvalue weighted by Crippen LogP contribution is 2.33. The van der Waals surface area contributed by atoms with Gasteiger partial charge in [0.15, 0.2) is 11.0 Å². The number of alkyl halides is 2. The highest BCUT2D eigenvalue weighted by Gasteiger charge is 2.19. The van der Waals surface area contributed by atoms with Crippen LogP contribution in [0.1, 0.15) is 22.6 Å². The Bertz CT molecular complexity index is 1100. The van der Waals surface area contributed by atoms with Crippen molar-refractivity contribution in [1.29, 1.82) is 0 Å². The summed E-state index contributed by atoms with van der Waals surface area (Å²) < 4.78 is 26.9. The molecule has 1 aromatic carbocycles. The molecule has 0 saturated heterocycles. The Labute approximate surface area is 149 Å². The predicted molar refractivity (Wildman–Crippen MR) is 93.4 cm³/mol. The number of aromatic nitrogens is 5. The Hall–Kier alpha value is -3.14. The van der Waals surface area contributed by atoms with Crippen LogP contribution in [0.5, 0.6) is 0 Å². The van der Waals surface area contributed by atoms with E-state index in [4.69, 9.17) is 0 Å². The number of hydrogen-bond donors (Lipinski definition) is 2. The minimum absolute atomic E-state index is 0.120. The second-order valence-electron chi connectivity index (χ2n) is 5.46. The molecule has 3 aromatic heterocycles. The second-order valence-corrected chi connectivity index (χ2v) is 6.46. The third kappa shape index (κ3) is 2.84. The van der Waals surface area contributed by atoms with Crippen LogP contribution < -0.4 is 5.32 Å². The number of anilines is 1. The van der Waals surface area contributed by atoms with Crippen LogP contribution in [-0.2, 0) is 0 Å². The number of halogens is 2. The summed E-state index contributed by atoms with van der Waals surface area (Å²) in [7, 11) is 0. The number of imidazole rings is 2. The molecule has 0 aliphatic heterocycles. The lowest BCUT2D eigenvalue weighted by molar-refractivity contribution is 0.0720. The molecule has 2 N–H and O–H groups in total. The Morgan fingerprint density at radius 2 is 2.19 bits per heavy atom. The molecule has 0 aliphatic carbocycles. The summed E-state index contributed by atoms with van der Waals surface area (Å²) in [5.41, 5.74) is 2.45. The van der Waals surface area contributed by atoms with E-state index in [1.54, 1.807) is 31.5 Å². The van der Waals surface area contributed by atoms with Crippen molar-refractivity contribution in [3.8, 4) is 10.7 Å². The molecule has 0 unspecified atom stereocenters. The van der Waals surface area contributed by atoms with Gasteiger partial charge in [0.1, 0.15) is 0 Å². The Kier molecular flexibility index (Phi) is 3.96. The van der Waals surface area contributed by atoms with E-state index >= 15 is 0 Å². The second kappa shape index (κ2) is 6.30. The maximum Gasteiger partial charge on any atom is 0.320 e. The topological polar surface area (TPSA) is 88.5 Å². The van der Waals surface area contributed by atoms with Crippen molar-refractivity contribution in [3.63, 3.8) is 0 Å². The molecule has 132 valence electrons. The molecule has 3 heterocycles. The SMILES string of the molecule is Cc1nc(NC(=O)c2ccc3nc[nH]c3c2)sc1-c1nccn1C(F)F. The fourth-order valence-corrected chi connectivity index (χ4v) is 3.51. The number of carbonyl (C=O) groups excluding carboxylic acids is 1. The van der Waals surface area contributed by atoms with Crippen LogP contribution in [-0.4, -0.2) is 30.4 Å². The number of rotatable bonds is 4. The van der Waals surface area contributed by atoms with E-state index in [2.05, 4.69) is 25.3 Å². The molecule has 4 rings (SSSR count). The number of benzene rings is 1. The highest BCUT2D eigenvalue weighted by atomic mass is 32.1. The zero-order chi connectivity index (χ0) is 18.3. The van der Waals surface area contributed by atoms with Gasteiger partial charge >= 0.3 is 6.55 Å². The molecule has 7 nitrogen and oxygen atoms in total. The molecular formula is C16H12F2N6OS. The molecule has 0 aliphatic rings. The summed E-state index contributed by atoms with van der Waals surface area (Å²) in [6.45, 7) is -1.02. The van der Waals surface area contributed by atoms with Gasteiger partial charge < -0.3 is 4.98 Å². The molecule has 10 heteroatoms. The quantitative estimate of drug-likeness (QED) is 0.568. The molecule has 0 spiro atoms. The smallest absolute Gasteiger partial charge is 0.320 e. The van der Waals surface area contributed by atoms with Crippen LogP contribution in [0.2, 0.25) is 0 Å². The molecule has 0 saturated carbocycles. The van der Waals surface area contributed by atoms with Crippen LogP contribution in [0, 0.1) is 6.92 Å². The van der Waals surface area contributed by atoms with Gasteiger partial charge in [-0.25, -0.2) is 15.0 Å². The molecule has 26 heavy (non-hydrogen) atoms. The van der Waals surface area contributed by atoms with Crippen LogP contribution >= 0.6 is 11.3 Å². The molecule has 0 radical (unpaired) electrons. The van der Waals surface area contributed by atoms with Crippen molar-refractivity contribution in [2.75, 3.05) is 5.32 Å². The van der Waals surface area contributed by atoms with Crippen molar-refractivity contribution in [1.82, 2.24) is 24.5 Å². The van der Waals surface area contributed by atoms with E-state index in [0.29, 0.717) is 21.3 Å². The van der Waals surface area contributed by atoms with Crippen LogP contribution in [0.15, 0.2) is 36.9 Å². The lowest BCUT2D eigenvalue weighted by atomic mass is 10.2. The molecular weight excluding hydrogens is 362 g/mol. The number of aromatic amines is 1. The van der Waals surface area contributed by atoms with E-state index in [1.807, 2.05) is 0 Å². The summed E-state index contributed by atoms with van der Waals surface area (Å²) in [5.74, 6) is -0.228. The normalized spacial score (nSPS) is 11.4. The molecule has 1 amide bonds. The lowest BCUT2D eigenvalue weighted by Crippen LogP contribution is -2.11. The Morgan fingerprint density at radius 3 is 3.00 bits per heavy atom. The number of nitrogens with zero attached hydrogens (tertiary/aromatic N) is 4. The first-order chi connectivity index (χ1) is 12.5. The Balaban J connectivity index is 1.61. The lowest BCUT2D eigenvalue weighted by Gasteiger charge is -2.04. The van der Waals surface area contributed by atoms with Gasteiger partial charge in [0.05, 0.1) is 27.9 Å². The van der Waals surface area contributed by atoms with E-state index in [0.717, 1.165) is 26.9 Å². The number of hydrogen-bond acceptors (Lipinski definition) is 5. The minimum Gasteiger partial charge on any atom is -0.345 e. The summed E-state index contributed by atoms with van der Waals surface area (Å²) in [6, 6.07) is 5.07. The van der Waals surface area contributed by atoms with Gasteiger partial charge in [-0.05, 0) is 25.1 Å². The van der Waals surface area contributed by atoms with Gasteiger partial charge in [-0.3, -0.25) is 14.7 Å². The van der Waals surface area contributed by atoms with E-state index in [-0.39, 0.29) is 11.7 Å². The van der Waals surface area contributed by atoms with Crippen molar-refractivity contribution >= 4 is 33.4 Å². The third-order valence-electron chi connectivity index (χ3n) is 3.78. The van der Waals surface area contributed by atoms with Gasteiger partial charge in [0, 0.05) is 18.0 Å². The van der Waals surface area contributed by atoms with Gasteiger partial charge in [-0.2, -0.15) is 8.78 Å². The van der Waals surface area contributed by atoms with E-state index < -0.39 is 6.55 Å². The number of fused-ring (bicyclic) bond motifs is 1. The van der Waals surface area contributed by atoms with Crippen LogP contribution in [0.25, 0.3) is 21.7 Å². The number of thiazole rings is 1. The largest absolute Gasteiger partial charge is 0.345 e. The van der Waals surface area contributed by atoms with Gasteiger partial charge in [0.2, 0.25) is 0 Å². The van der Waals surface area contributed by atoms with Gasteiger partial charge in [0.25, 0.3) is 5.91 Å². The first-order valence-corrected chi connectivity index (χ1v) is 8.38. The number of H-pyrrole nitrogens is 1. The van der Waals surface area contributed by atoms with Crippen molar-refractivity contribution in [2.45, 2.75) is 13.5 Å². The summed E-state index contributed by atoms with van der Waals surface area (Å²) in [6.07, 6.45) is 4.06. The summed E-state index contributed by atoms with van der Waals surface area (Å²) in [4.78, 5) is 28.2. The fraction of sp³-hybridized carbons (Fsp3) is 0.125. The van der Waals surface area contributed by atoms with Crippen LogP contribution in [0.4, 0.5) is 13.9 Å².